The second-order valence-electron chi connectivity index (χ2n) is 11.5. The predicted octanol–water partition coefficient (Wildman–Crippen LogP) is 7.39. The topological polar surface area (TPSA) is 86.8 Å². The van der Waals surface area contributed by atoms with E-state index in [9.17, 15) is 18.0 Å². The summed E-state index contributed by atoms with van der Waals surface area (Å²) >= 11 is 9.75. The van der Waals surface area contributed by atoms with E-state index in [1.165, 1.54) is 17.0 Å². The minimum atomic E-state index is -4.15. The molecule has 1 unspecified atom stereocenters. The van der Waals surface area contributed by atoms with Crippen LogP contribution in [-0.4, -0.2) is 43.8 Å². The van der Waals surface area contributed by atoms with Gasteiger partial charge in [0.25, 0.3) is 10.0 Å². The highest BCUT2D eigenvalue weighted by atomic mass is 79.9. The Hall–Kier alpha value is -3.66. The first-order valence-corrected chi connectivity index (χ1v) is 18.0. The van der Waals surface area contributed by atoms with Crippen molar-refractivity contribution in [3.63, 3.8) is 0 Å². The second-order valence-corrected chi connectivity index (χ2v) is 14.7. The van der Waals surface area contributed by atoms with Crippen LogP contribution in [0.2, 0.25) is 5.02 Å². The molecule has 0 saturated heterocycles. The summed E-state index contributed by atoms with van der Waals surface area (Å²) < 4.78 is 30.0. The van der Waals surface area contributed by atoms with Gasteiger partial charge in [0.15, 0.2) is 0 Å². The number of carbonyl (C=O) groups excluding carboxylic acids is 2. The van der Waals surface area contributed by atoms with Gasteiger partial charge in [-0.2, -0.15) is 0 Å². The molecule has 5 rings (SSSR count). The smallest absolute Gasteiger partial charge is 0.264 e. The number of nitrogens with one attached hydrogen (secondary N) is 1. The third kappa shape index (κ3) is 8.78. The fraction of sp³-hybridized carbons (Fsp3) is 0.278. The van der Waals surface area contributed by atoms with Crippen LogP contribution in [-0.2, 0) is 32.6 Å². The van der Waals surface area contributed by atoms with E-state index in [0.717, 1.165) is 52.0 Å². The number of benzene rings is 4. The first-order valence-electron chi connectivity index (χ1n) is 15.4. The molecule has 46 heavy (non-hydrogen) atoms. The van der Waals surface area contributed by atoms with Crippen molar-refractivity contribution in [3.05, 3.63) is 130 Å². The van der Waals surface area contributed by atoms with Gasteiger partial charge in [0.2, 0.25) is 11.8 Å². The second kappa shape index (κ2) is 15.8. The van der Waals surface area contributed by atoms with Gasteiger partial charge in [0.1, 0.15) is 12.6 Å². The quantitative estimate of drug-likeness (QED) is 0.165. The Kier molecular flexibility index (Phi) is 11.5. The number of nitrogens with zero attached hydrogens (tertiary/aromatic N) is 2. The van der Waals surface area contributed by atoms with E-state index in [1.54, 1.807) is 60.7 Å². The molecule has 1 fully saturated rings. The normalized spacial score (nSPS) is 14.3. The van der Waals surface area contributed by atoms with Gasteiger partial charge in [-0.3, -0.25) is 13.9 Å². The monoisotopic (exact) mass is 721 g/mol. The van der Waals surface area contributed by atoms with Crippen molar-refractivity contribution in [3.8, 4) is 0 Å². The van der Waals surface area contributed by atoms with E-state index in [-0.39, 0.29) is 29.8 Å². The maximum atomic E-state index is 14.6. The molecule has 1 N–H and O–H groups in total. The molecule has 7 nitrogen and oxygen atoms in total. The van der Waals surface area contributed by atoms with Gasteiger partial charge in [-0.15, -0.1) is 0 Å². The molecule has 1 aliphatic rings. The number of halogens is 2. The fourth-order valence-electron chi connectivity index (χ4n) is 5.79. The lowest BCUT2D eigenvalue weighted by molar-refractivity contribution is -0.140. The number of amides is 2. The maximum Gasteiger partial charge on any atom is 0.264 e. The van der Waals surface area contributed by atoms with Crippen LogP contribution in [0.3, 0.4) is 0 Å². The summed E-state index contributed by atoms with van der Waals surface area (Å²) in [6.07, 6.45) is 5.26. The summed E-state index contributed by atoms with van der Waals surface area (Å²) in [7, 11) is -4.15. The highest BCUT2D eigenvalue weighted by Gasteiger charge is 2.35. The summed E-state index contributed by atoms with van der Waals surface area (Å²) in [5, 5.41) is 3.72. The Labute approximate surface area is 284 Å². The SMILES string of the molecule is O=C(NC1CCCCC1)C(Cc1ccccc1)N(Cc1cccc(Cl)c1)C(=O)CN(c1ccc(Br)cc1)S(=O)(=O)c1ccccc1. The van der Waals surface area contributed by atoms with Gasteiger partial charge < -0.3 is 10.2 Å². The van der Waals surface area contributed by atoms with Gasteiger partial charge in [0.05, 0.1) is 10.6 Å². The number of rotatable bonds is 12. The number of hydrogen-bond donors (Lipinski definition) is 1. The van der Waals surface area contributed by atoms with Crippen LogP contribution >= 0.6 is 27.5 Å². The number of anilines is 1. The Morgan fingerprint density at radius 1 is 0.826 bits per heavy atom. The van der Waals surface area contributed by atoms with E-state index >= 15 is 0 Å². The Morgan fingerprint density at radius 3 is 2.11 bits per heavy atom. The van der Waals surface area contributed by atoms with E-state index in [2.05, 4.69) is 21.2 Å². The Bertz CT molecular complexity index is 1720. The lowest BCUT2D eigenvalue weighted by Gasteiger charge is -2.35. The van der Waals surface area contributed by atoms with E-state index in [4.69, 9.17) is 11.6 Å². The molecule has 240 valence electrons. The zero-order chi connectivity index (χ0) is 32.5. The Balaban J connectivity index is 1.55. The van der Waals surface area contributed by atoms with E-state index in [0.29, 0.717) is 10.7 Å². The molecule has 1 saturated carbocycles. The maximum absolute atomic E-state index is 14.6. The van der Waals surface area contributed by atoms with Crippen LogP contribution in [0.25, 0.3) is 0 Å². The van der Waals surface area contributed by atoms with Crippen molar-refractivity contribution in [1.82, 2.24) is 10.2 Å². The molecule has 0 bridgehead atoms. The average Bonchev–Trinajstić information content (AvgIpc) is 3.07. The molecule has 4 aromatic rings. The third-order valence-electron chi connectivity index (χ3n) is 8.19. The molecular weight excluding hydrogens is 686 g/mol. The molecule has 1 aliphatic carbocycles. The summed E-state index contributed by atoms with van der Waals surface area (Å²) in [6, 6.07) is 30.6. The van der Waals surface area contributed by atoms with Crippen LogP contribution in [0.15, 0.2) is 119 Å². The van der Waals surface area contributed by atoms with Gasteiger partial charge in [-0.1, -0.05) is 107 Å². The third-order valence-corrected chi connectivity index (χ3v) is 10.7. The lowest BCUT2D eigenvalue weighted by atomic mass is 9.94. The van der Waals surface area contributed by atoms with Gasteiger partial charge in [0, 0.05) is 28.5 Å². The first-order chi connectivity index (χ1) is 22.2. The highest BCUT2D eigenvalue weighted by molar-refractivity contribution is 9.10. The number of sulfonamides is 1. The summed E-state index contributed by atoms with van der Waals surface area (Å²) in [6.45, 7) is -0.448. The molecule has 0 aliphatic heterocycles. The summed E-state index contributed by atoms with van der Waals surface area (Å²) in [5.74, 6) is -0.769. The molecule has 4 aromatic carbocycles. The van der Waals surface area contributed by atoms with E-state index < -0.39 is 28.5 Å². The molecular formula is C36H37BrClN3O4S. The molecule has 0 radical (unpaired) electrons. The van der Waals surface area contributed by atoms with Crippen molar-refractivity contribution in [2.24, 2.45) is 0 Å². The molecule has 1 atom stereocenters. The number of carbonyl (C=O) groups is 2. The van der Waals surface area contributed by atoms with Crippen molar-refractivity contribution >= 4 is 55.1 Å². The Morgan fingerprint density at radius 2 is 1.46 bits per heavy atom. The zero-order valence-corrected chi connectivity index (χ0v) is 28.6. The van der Waals surface area contributed by atoms with Crippen LogP contribution < -0.4 is 9.62 Å². The van der Waals surface area contributed by atoms with Crippen molar-refractivity contribution in [2.75, 3.05) is 10.8 Å². The fourth-order valence-corrected chi connectivity index (χ4v) is 7.70. The van der Waals surface area contributed by atoms with Gasteiger partial charge >= 0.3 is 0 Å². The van der Waals surface area contributed by atoms with Crippen molar-refractivity contribution < 1.29 is 18.0 Å². The minimum absolute atomic E-state index is 0.0281. The largest absolute Gasteiger partial charge is 0.352 e. The van der Waals surface area contributed by atoms with Gasteiger partial charge in [-0.05, 0) is 72.5 Å². The first kappa shape index (κ1) is 33.7. The van der Waals surface area contributed by atoms with Gasteiger partial charge in [-0.25, -0.2) is 8.42 Å². The zero-order valence-electron chi connectivity index (χ0n) is 25.4. The number of hydrogen-bond acceptors (Lipinski definition) is 4. The molecule has 0 heterocycles. The van der Waals surface area contributed by atoms with Crippen LogP contribution in [0.1, 0.15) is 43.2 Å². The molecule has 0 spiro atoms. The minimum Gasteiger partial charge on any atom is -0.352 e. The van der Waals surface area contributed by atoms with Crippen LogP contribution in [0.5, 0.6) is 0 Å². The average molecular weight is 723 g/mol. The van der Waals surface area contributed by atoms with Crippen LogP contribution in [0.4, 0.5) is 5.69 Å². The molecule has 10 heteroatoms. The highest BCUT2D eigenvalue weighted by Crippen LogP contribution is 2.27. The summed E-state index contributed by atoms with van der Waals surface area (Å²) in [4.78, 5) is 30.3. The molecule has 0 aromatic heterocycles. The van der Waals surface area contributed by atoms with E-state index in [1.807, 2.05) is 36.4 Å². The molecule has 2 amide bonds. The predicted molar refractivity (Wildman–Crippen MR) is 186 cm³/mol. The van der Waals surface area contributed by atoms with Crippen molar-refractivity contribution in [2.45, 2.75) is 62.0 Å². The lowest BCUT2D eigenvalue weighted by Crippen LogP contribution is -2.55. The van der Waals surface area contributed by atoms with Crippen molar-refractivity contribution in [1.29, 1.82) is 0 Å². The summed E-state index contributed by atoms with van der Waals surface area (Å²) in [5.41, 5.74) is 1.94. The standard InChI is InChI=1S/C36H37BrClN3O4S/c37-29-19-21-32(22-20-29)41(46(44,45)33-17-8-3-9-18-33)26-35(42)40(25-28-13-10-14-30(38)23-28)34(24-27-11-4-1-5-12-27)36(43)39-31-15-6-2-7-16-31/h1,3-5,8-14,17-23,31,34H,2,6-7,15-16,24-26H2,(H,39,43). The van der Waals surface area contributed by atoms with Crippen LogP contribution in [0, 0.1) is 0 Å².